The Hall–Kier alpha value is -3.63. The van der Waals surface area contributed by atoms with Crippen molar-refractivity contribution in [3.8, 4) is 5.69 Å². The first-order valence-electron chi connectivity index (χ1n) is 8.83. The van der Waals surface area contributed by atoms with E-state index < -0.39 is 10.1 Å². The van der Waals surface area contributed by atoms with Gasteiger partial charge in [-0.05, 0) is 48.0 Å². The second-order valence-electron chi connectivity index (χ2n) is 6.91. The van der Waals surface area contributed by atoms with Gasteiger partial charge in [0.15, 0.2) is 0 Å². The molecule has 0 bridgehead atoms. The SMILES string of the molecule is C=c1[nH]n(-c2ccc(S(=O)(=O)O)cc2)c(=O)c1=Cc1ccc2c(c1)n(C)c(=O)n2C. The average molecular weight is 426 g/mol. The van der Waals surface area contributed by atoms with Gasteiger partial charge in [-0.2, -0.15) is 8.42 Å². The number of aryl methyl sites for hydroxylation is 2. The fourth-order valence-corrected chi connectivity index (χ4v) is 3.85. The molecule has 0 unspecified atom stereocenters. The molecule has 4 aromatic rings. The first-order chi connectivity index (χ1) is 14.1. The molecule has 0 fully saturated rings. The van der Waals surface area contributed by atoms with Gasteiger partial charge in [0.25, 0.3) is 15.7 Å². The van der Waals surface area contributed by atoms with Gasteiger partial charge in [-0.1, -0.05) is 12.6 Å². The third-order valence-corrected chi connectivity index (χ3v) is 5.87. The van der Waals surface area contributed by atoms with Gasteiger partial charge < -0.3 is 0 Å². The first kappa shape index (κ1) is 19.7. The molecule has 2 aromatic heterocycles. The molecule has 0 atom stereocenters. The maximum Gasteiger partial charge on any atom is 0.328 e. The average Bonchev–Trinajstić information content (AvgIpc) is 3.10. The van der Waals surface area contributed by atoms with E-state index in [2.05, 4.69) is 11.7 Å². The summed E-state index contributed by atoms with van der Waals surface area (Å²) in [7, 11) is -0.944. The zero-order valence-electron chi connectivity index (χ0n) is 16.2. The summed E-state index contributed by atoms with van der Waals surface area (Å²) in [6.07, 6.45) is 1.67. The quantitative estimate of drug-likeness (QED) is 0.442. The van der Waals surface area contributed by atoms with Gasteiger partial charge in [0.1, 0.15) is 0 Å². The largest absolute Gasteiger partial charge is 0.328 e. The summed E-state index contributed by atoms with van der Waals surface area (Å²) >= 11 is 0. The van der Waals surface area contributed by atoms with Gasteiger partial charge in [0.2, 0.25) is 0 Å². The van der Waals surface area contributed by atoms with E-state index >= 15 is 0 Å². The lowest BCUT2D eigenvalue weighted by molar-refractivity contribution is 0.483. The van der Waals surface area contributed by atoms with E-state index in [0.717, 1.165) is 16.6 Å². The summed E-state index contributed by atoms with van der Waals surface area (Å²) in [6, 6.07) is 10.6. The number of imidazole rings is 1. The number of benzene rings is 2. The molecule has 9 nitrogen and oxygen atoms in total. The third kappa shape index (κ3) is 3.11. The molecule has 0 spiro atoms. The Kier molecular flexibility index (Phi) is 4.40. The number of hydrogen-bond donors (Lipinski definition) is 2. The summed E-state index contributed by atoms with van der Waals surface area (Å²) in [5, 5.41) is 3.56. The summed E-state index contributed by atoms with van der Waals surface area (Å²) in [4.78, 5) is 24.7. The highest BCUT2D eigenvalue weighted by Crippen LogP contribution is 2.14. The topological polar surface area (TPSA) is 119 Å². The lowest BCUT2D eigenvalue weighted by Gasteiger charge is -2.02. The minimum atomic E-state index is -4.32. The van der Waals surface area contributed by atoms with Gasteiger partial charge in [0, 0.05) is 14.1 Å². The van der Waals surface area contributed by atoms with Gasteiger partial charge in [-0.25, -0.2) is 9.48 Å². The van der Waals surface area contributed by atoms with Crippen molar-refractivity contribution in [2.24, 2.45) is 14.1 Å². The van der Waals surface area contributed by atoms with E-state index in [-0.39, 0.29) is 16.1 Å². The molecule has 154 valence electrons. The van der Waals surface area contributed by atoms with E-state index in [0.29, 0.717) is 16.3 Å². The normalized spacial score (nSPS) is 12.7. The molecule has 2 heterocycles. The van der Waals surface area contributed by atoms with Crippen LogP contribution in [0.1, 0.15) is 5.56 Å². The fourth-order valence-electron chi connectivity index (χ4n) is 3.37. The lowest BCUT2D eigenvalue weighted by atomic mass is 10.1. The first-order valence-corrected chi connectivity index (χ1v) is 10.3. The van der Waals surface area contributed by atoms with Gasteiger partial charge in [-0.15, -0.1) is 0 Å². The Bertz CT molecular complexity index is 1630. The van der Waals surface area contributed by atoms with Crippen molar-refractivity contribution in [1.82, 2.24) is 18.9 Å². The van der Waals surface area contributed by atoms with Crippen molar-refractivity contribution in [2.45, 2.75) is 4.90 Å². The highest BCUT2D eigenvalue weighted by Gasteiger charge is 2.11. The van der Waals surface area contributed by atoms with Crippen molar-refractivity contribution in [2.75, 3.05) is 0 Å². The van der Waals surface area contributed by atoms with Crippen LogP contribution in [0.15, 0.2) is 56.9 Å². The fraction of sp³-hybridized carbons (Fsp3) is 0.100. The second kappa shape index (κ2) is 6.71. The molecule has 2 aromatic carbocycles. The van der Waals surface area contributed by atoms with Crippen molar-refractivity contribution < 1.29 is 13.0 Å². The van der Waals surface area contributed by atoms with Gasteiger partial charge in [0.05, 0.1) is 32.2 Å². The lowest BCUT2D eigenvalue weighted by Crippen LogP contribution is -2.33. The minimum absolute atomic E-state index is 0.141. The van der Waals surface area contributed by atoms with E-state index in [1.165, 1.54) is 33.5 Å². The highest BCUT2D eigenvalue weighted by atomic mass is 32.2. The molecular weight excluding hydrogens is 408 g/mol. The van der Waals surface area contributed by atoms with Crippen LogP contribution in [0.5, 0.6) is 0 Å². The van der Waals surface area contributed by atoms with Crippen LogP contribution in [0.3, 0.4) is 0 Å². The maximum absolute atomic E-state index is 12.9. The zero-order chi connectivity index (χ0) is 21.8. The molecule has 0 aliphatic carbocycles. The summed E-state index contributed by atoms with van der Waals surface area (Å²) in [5.74, 6) is 0. The summed E-state index contributed by atoms with van der Waals surface area (Å²) < 4.78 is 35.8. The standard InChI is InChI=1S/C20H18N4O5S/c1-12-16(10-13-4-9-17-18(11-13)23(3)20(26)22(17)2)19(25)24(21-12)14-5-7-15(8-6-14)30(27,28)29/h4-11,21H,1H2,2-3H3,(H,27,28,29). The van der Waals surface area contributed by atoms with Crippen LogP contribution in [0, 0.1) is 0 Å². The van der Waals surface area contributed by atoms with Gasteiger partial charge >= 0.3 is 5.69 Å². The summed E-state index contributed by atoms with van der Waals surface area (Å²) in [6.45, 7) is 3.88. The highest BCUT2D eigenvalue weighted by molar-refractivity contribution is 7.85. The molecule has 0 amide bonds. The van der Waals surface area contributed by atoms with Crippen LogP contribution in [0.4, 0.5) is 0 Å². The Morgan fingerprint density at radius 1 is 1.00 bits per heavy atom. The predicted octanol–water partition coefficient (Wildman–Crippen LogP) is -0.158. The second-order valence-corrected chi connectivity index (χ2v) is 8.33. The van der Waals surface area contributed by atoms with Gasteiger partial charge in [-0.3, -0.25) is 23.6 Å². The smallest absolute Gasteiger partial charge is 0.295 e. The molecular formula is C20H18N4O5S. The molecule has 10 heteroatoms. The van der Waals surface area contributed by atoms with Crippen LogP contribution < -0.4 is 21.8 Å². The van der Waals surface area contributed by atoms with E-state index in [1.807, 2.05) is 12.1 Å². The zero-order valence-corrected chi connectivity index (χ0v) is 17.0. The Morgan fingerprint density at radius 2 is 1.63 bits per heavy atom. The number of fused-ring (bicyclic) bond motifs is 1. The Morgan fingerprint density at radius 3 is 2.27 bits per heavy atom. The molecule has 0 saturated carbocycles. The number of hydrogen-bond acceptors (Lipinski definition) is 4. The number of H-pyrrole nitrogens is 1. The van der Waals surface area contributed by atoms with E-state index in [1.54, 1.807) is 30.8 Å². The van der Waals surface area contributed by atoms with Crippen LogP contribution in [-0.2, 0) is 24.2 Å². The maximum atomic E-state index is 12.9. The van der Waals surface area contributed by atoms with E-state index in [4.69, 9.17) is 4.55 Å². The number of rotatable bonds is 3. The monoisotopic (exact) mass is 426 g/mol. The van der Waals surface area contributed by atoms with Crippen molar-refractivity contribution in [3.05, 3.63) is 79.4 Å². The van der Waals surface area contributed by atoms with Crippen LogP contribution >= 0.6 is 0 Å². The van der Waals surface area contributed by atoms with Crippen molar-refractivity contribution in [3.63, 3.8) is 0 Å². The molecule has 0 saturated heterocycles. The molecule has 0 aliphatic rings. The van der Waals surface area contributed by atoms with Crippen molar-refractivity contribution in [1.29, 1.82) is 0 Å². The number of nitrogens with one attached hydrogen (secondary N) is 1. The number of aromatic amines is 1. The molecule has 4 rings (SSSR count). The third-order valence-electron chi connectivity index (χ3n) is 5.01. The van der Waals surface area contributed by atoms with Crippen LogP contribution in [0.2, 0.25) is 0 Å². The predicted molar refractivity (Wildman–Crippen MR) is 113 cm³/mol. The minimum Gasteiger partial charge on any atom is -0.295 e. The van der Waals surface area contributed by atoms with Crippen LogP contribution in [-0.4, -0.2) is 31.9 Å². The number of aromatic nitrogens is 4. The molecule has 0 aliphatic heterocycles. The summed E-state index contributed by atoms with van der Waals surface area (Å²) in [5.41, 5.74) is 2.11. The molecule has 2 N–H and O–H groups in total. The Balaban J connectivity index is 1.85. The Labute approximate surface area is 170 Å². The van der Waals surface area contributed by atoms with Crippen LogP contribution in [0.25, 0.3) is 29.4 Å². The molecule has 30 heavy (non-hydrogen) atoms. The molecule has 0 radical (unpaired) electrons. The van der Waals surface area contributed by atoms with Crippen molar-refractivity contribution >= 4 is 33.8 Å². The van der Waals surface area contributed by atoms with E-state index in [9.17, 15) is 18.0 Å². The number of nitrogens with zero attached hydrogens (tertiary/aromatic N) is 3.